The Morgan fingerprint density at radius 3 is 2.70 bits per heavy atom. The second kappa shape index (κ2) is 8.72. The third-order valence-corrected chi connectivity index (χ3v) is 5.57. The summed E-state index contributed by atoms with van der Waals surface area (Å²) in [6, 6.07) is 8.39. The van der Waals surface area contributed by atoms with Gasteiger partial charge < -0.3 is 9.64 Å². The lowest BCUT2D eigenvalue weighted by Gasteiger charge is -2.36. The van der Waals surface area contributed by atoms with Gasteiger partial charge in [-0.2, -0.15) is 5.26 Å². The summed E-state index contributed by atoms with van der Waals surface area (Å²) >= 11 is 0. The van der Waals surface area contributed by atoms with Gasteiger partial charge >= 0.3 is 6.09 Å². The smallest absolute Gasteiger partial charge is 0.410 e. The number of hydrogen-bond acceptors (Lipinski definition) is 5. The number of sulfonamides is 1. The first kappa shape index (κ1) is 21.2. The van der Waals surface area contributed by atoms with Crippen molar-refractivity contribution in [3.8, 4) is 6.07 Å². The summed E-state index contributed by atoms with van der Waals surface area (Å²) in [5, 5.41) is 9.11. The normalized spacial score (nSPS) is 18.0. The molecule has 2 rings (SSSR count). The van der Waals surface area contributed by atoms with E-state index in [1.54, 1.807) is 49.9 Å². The maximum Gasteiger partial charge on any atom is 0.410 e. The highest BCUT2D eigenvalue weighted by Gasteiger charge is 2.31. The van der Waals surface area contributed by atoms with Gasteiger partial charge in [-0.15, -0.1) is 0 Å². The fraction of sp³-hybridized carbons (Fsp3) is 0.579. The summed E-state index contributed by atoms with van der Waals surface area (Å²) < 4.78 is 33.0. The molecule has 1 fully saturated rings. The highest BCUT2D eigenvalue weighted by atomic mass is 32.2. The molecule has 148 valence electrons. The lowest BCUT2D eigenvalue weighted by molar-refractivity contribution is 0.0105. The average Bonchev–Trinajstić information content (AvgIpc) is 2.59. The number of benzene rings is 1. The van der Waals surface area contributed by atoms with Crippen molar-refractivity contribution in [1.82, 2.24) is 9.62 Å². The molecule has 1 aromatic rings. The van der Waals surface area contributed by atoms with Crippen LogP contribution in [0, 0.1) is 11.3 Å². The summed E-state index contributed by atoms with van der Waals surface area (Å²) in [7, 11) is -3.63. The van der Waals surface area contributed by atoms with Gasteiger partial charge in [0.2, 0.25) is 10.0 Å². The minimum absolute atomic E-state index is 0.135. The lowest BCUT2D eigenvalue weighted by atomic mass is 10.0. The monoisotopic (exact) mass is 393 g/mol. The van der Waals surface area contributed by atoms with Gasteiger partial charge in [0.05, 0.1) is 17.4 Å². The largest absolute Gasteiger partial charge is 0.444 e. The lowest BCUT2D eigenvalue weighted by Crippen LogP contribution is -2.50. The van der Waals surface area contributed by atoms with Crippen molar-refractivity contribution in [3.63, 3.8) is 0 Å². The van der Waals surface area contributed by atoms with E-state index in [0.717, 1.165) is 19.3 Å². The zero-order valence-corrected chi connectivity index (χ0v) is 16.9. The SMILES string of the molecule is CC(C)(C)OC(=O)N1CCCCC1CNS(=O)(=O)Cc1ccccc1C#N. The van der Waals surface area contributed by atoms with Crippen molar-refractivity contribution in [1.29, 1.82) is 5.26 Å². The van der Waals surface area contributed by atoms with Gasteiger partial charge in [0.1, 0.15) is 5.60 Å². The average molecular weight is 394 g/mol. The van der Waals surface area contributed by atoms with Gasteiger partial charge in [-0.25, -0.2) is 17.9 Å². The van der Waals surface area contributed by atoms with Gasteiger partial charge in [-0.1, -0.05) is 18.2 Å². The van der Waals surface area contributed by atoms with Gasteiger partial charge in [0, 0.05) is 19.1 Å². The quantitative estimate of drug-likeness (QED) is 0.829. The predicted octanol–water partition coefficient (Wildman–Crippen LogP) is 2.77. The van der Waals surface area contributed by atoms with Crippen LogP contribution in [0.25, 0.3) is 0 Å². The number of rotatable bonds is 5. The molecule has 27 heavy (non-hydrogen) atoms. The first-order valence-corrected chi connectivity index (χ1v) is 10.7. The van der Waals surface area contributed by atoms with E-state index >= 15 is 0 Å². The molecule has 8 heteroatoms. The molecular weight excluding hydrogens is 366 g/mol. The molecule has 0 saturated carbocycles. The fourth-order valence-electron chi connectivity index (χ4n) is 3.01. The molecule has 1 heterocycles. The standard InChI is InChI=1S/C19H27N3O4S/c1-19(2,3)26-18(23)22-11-7-6-10-17(22)13-21-27(24,25)14-16-9-5-4-8-15(16)12-20/h4-5,8-9,17,21H,6-7,10-11,13-14H2,1-3H3. The number of nitrogens with zero attached hydrogens (tertiary/aromatic N) is 2. The Morgan fingerprint density at radius 2 is 2.04 bits per heavy atom. The number of hydrogen-bond donors (Lipinski definition) is 1. The zero-order chi connectivity index (χ0) is 20.1. The van der Waals surface area contributed by atoms with Crippen molar-refractivity contribution in [2.24, 2.45) is 0 Å². The van der Waals surface area contributed by atoms with Crippen LogP contribution in [-0.4, -0.2) is 44.1 Å². The van der Waals surface area contributed by atoms with Crippen LogP contribution in [0.15, 0.2) is 24.3 Å². The predicted molar refractivity (Wildman–Crippen MR) is 102 cm³/mol. The van der Waals surface area contributed by atoms with Crippen LogP contribution in [0.2, 0.25) is 0 Å². The summed E-state index contributed by atoms with van der Waals surface area (Å²) in [4.78, 5) is 14.0. The summed E-state index contributed by atoms with van der Waals surface area (Å²) in [6.07, 6.45) is 2.11. The van der Waals surface area contributed by atoms with E-state index in [-0.39, 0.29) is 18.3 Å². The molecule has 1 aliphatic rings. The van der Waals surface area contributed by atoms with Crippen LogP contribution in [-0.2, 0) is 20.5 Å². The van der Waals surface area contributed by atoms with Crippen LogP contribution < -0.4 is 4.72 Å². The summed E-state index contributed by atoms with van der Waals surface area (Å²) in [5.41, 5.74) is 0.204. The first-order chi connectivity index (χ1) is 12.6. The molecule has 1 unspecified atom stereocenters. The number of carbonyl (C=O) groups is 1. The second-order valence-corrected chi connectivity index (χ2v) is 9.51. The number of ether oxygens (including phenoxy) is 1. The van der Waals surface area contributed by atoms with Crippen LogP contribution in [0.3, 0.4) is 0 Å². The number of likely N-dealkylation sites (tertiary alicyclic amines) is 1. The molecule has 0 radical (unpaired) electrons. The summed E-state index contributed by atoms with van der Waals surface area (Å²) in [6.45, 7) is 6.10. The summed E-state index contributed by atoms with van der Waals surface area (Å²) in [5.74, 6) is -0.268. The Balaban J connectivity index is 2.02. The van der Waals surface area contributed by atoms with Gasteiger partial charge in [-0.3, -0.25) is 0 Å². The number of nitrogens with one attached hydrogen (secondary N) is 1. The number of nitriles is 1. The molecular formula is C19H27N3O4S. The van der Waals surface area contributed by atoms with Gasteiger partial charge in [-0.05, 0) is 51.7 Å². The van der Waals surface area contributed by atoms with Crippen LogP contribution >= 0.6 is 0 Å². The molecule has 0 bridgehead atoms. The highest BCUT2D eigenvalue weighted by molar-refractivity contribution is 7.88. The van der Waals surface area contributed by atoms with E-state index in [1.807, 2.05) is 6.07 Å². The Morgan fingerprint density at radius 1 is 1.33 bits per heavy atom. The van der Waals surface area contributed by atoms with Gasteiger partial charge in [0.15, 0.2) is 0 Å². The maximum absolute atomic E-state index is 12.5. The minimum Gasteiger partial charge on any atom is -0.444 e. The Kier molecular flexibility index (Phi) is 6.84. The van der Waals surface area contributed by atoms with E-state index in [9.17, 15) is 13.2 Å². The van der Waals surface area contributed by atoms with Crippen molar-refractivity contribution in [2.45, 2.75) is 57.4 Å². The van der Waals surface area contributed by atoms with Crippen LogP contribution in [0.5, 0.6) is 0 Å². The van der Waals surface area contributed by atoms with Gasteiger partial charge in [0.25, 0.3) is 0 Å². The molecule has 0 aliphatic carbocycles. The van der Waals surface area contributed by atoms with Crippen LogP contribution in [0.4, 0.5) is 4.79 Å². The van der Waals surface area contributed by atoms with Crippen molar-refractivity contribution in [2.75, 3.05) is 13.1 Å². The first-order valence-electron chi connectivity index (χ1n) is 9.06. The van der Waals surface area contributed by atoms with Crippen molar-refractivity contribution >= 4 is 16.1 Å². The molecule has 7 nitrogen and oxygen atoms in total. The van der Waals surface area contributed by atoms with E-state index < -0.39 is 21.7 Å². The topological polar surface area (TPSA) is 99.5 Å². The third-order valence-electron chi connectivity index (χ3n) is 4.28. The fourth-order valence-corrected chi connectivity index (χ4v) is 4.22. The molecule has 1 N–H and O–H groups in total. The number of amides is 1. The van der Waals surface area contributed by atoms with E-state index in [4.69, 9.17) is 10.00 Å². The molecule has 1 aliphatic heterocycles. The van der Waals surface area contributed by atoms with Crippen LogP contribution in [0.1, 0.15) is 51.2 Å². The second-order valence-electron chi connectivity index (χ2n) is 7.70. The molecule has 1 amide bonds. The molecule has 0 aromatic heterocycles. The maximum atomic E-state index is 12.5. The Hall–Kier alpha value is -2.11. The molecule has 0 spiro atoms. The molecule has 1 atom stereocenters. The highest BCUT2D eigenvalue weighted by Crippen LogP contribution is 2.20. The minimum atomic E-state index is -3.63. The number of piperidine rings is 1. The zero-order valence-electron chi connectivity index (χ0n) is 16.1. The Labute approximate surface area is 161 Å². The third kappa shape index (κ3) is 6.52. The van der Waals surface area contributed by atoms with Crippen molar-refractivity contribution in [3.05, 3.63) is 35.4 Å². The van der Waals surface area contributed by atoms with Crippen molar-refractivity contribution < 1.29 is 17.9 Å². The molecule has 1 saturated heterocycles. The van der Waals surface area contributed by atoms with E-state index in [1.165, 1.54) is 0 Å². The Bertz CT molecular complexity index is 809. The number of carbonyl (C=O) groups excluding carboxylic acids is 1. The molecule has 1 aromatic carbocycles. The van der Waals surface area contributed by atoms with E-state index in [0.29, 0.717) is 17.7 Å². The van der Waals surface area contributed by atoms with E-state index in [2.05, 4.69) is 4.72 Å².